The van der Waals surface area contributed by atoms with Crippen LogP contribution in [0.25, 0.3) is 11.4 Å². The summed E-state index contributed by atoms with van der Waals surface area (Å²) in [5, 5.41) is 6.91. The number of hydrogen-bond donors (Lipinski definition) is 2. The van der Waals surface area contributed by atoms with E-state index >= 15 is 0 Å². The summed E-state index contributed by atoms with van der Waals surface area (Å²) in [6.45, 7) is 0.262. The van der Waals surface area contributed by atoms with Crippen LogP contribution in [0, 0.1) is 5.82 Å². The molecule has 0 saturated heterocycles. The van der Waals surface area contributed by atoms with Gasteiger partial charge < -0.3 is 11.1 Å². The molecule has 0 bridgehead atoms. The topological polar surface area (TPSA) is 85.8 Å². The lowest BCUT2D eigenvalue weighted by molar-refractivity contribution is 0.0942. The first-order valence-corrected chi connectivity index (χ1v) is 9.06. The number of aryl methyl sites for hydroxylation is 1. The minimum absolute atomic E-state index is 0.261. The summed E-state index contributed by atoms with van der Waals surface area (Å²) < 4.78 is 15.1. The number of hydrogen-bond acceptors (Lipinski definition) is 5. The first-order valence-electron chi connectivity index (χ1n) is 7.87. The number of carbonyl (C=O) groups excluding carboxylic acids is 1. The Balaban J connectivity index is 1.72. The molecule has 9 heteroatoms. The van der Waals surface area contributed by atoms with Crippen LogP contribution in [-0.2, 0) is 13.5 Å². The molecule has 0 saturated carbocycles. The molecule has 0 spiro atoms. The van der Waals surface area contributed by atoms with Crippen LogP contribution in [0.15, 0.2) is 36.7 Å². The Morgan fingerprint density at radius 1 is 1.42 bits per heavy atom. The predicted molar refractivity (Wildman–Crippen MR) is 99.7 cm³/mol. The summed E-state index contributed by atoms with van der Waals surface area (Å²) in [4.78, 5) is 17.2. The largest absolute Gasteiger partial charge is 0.347 e. The number of nitrogens with one attached hydrogen (secondary N) is 1. The number of nitrogens with two attached hydrogens (primary N) is 1. The molecule has 26 heavy (non-hydrogen) atoms. The van der Waals surface area contributed by atoms with E-state index in [4.69, 9.17) is 17.3 Å². The third-order valence-electron chi connectivity index (χ3n) is 3.88. The molecule has 3 aromatic rings. The molecule has 1 unspecified atom stereocenters. The summed E-state index contributed by atoms with van der Waals surface area (Å²) in [7, 11) is 1.75. The maximum absolute atomic E-state index is 13.0. The number of rotatable bonds is 6. The number of aromatic nitrogens is 3. The van der Waals surface area contributed by atoms with E-state index in [2.05, 4.69) is 15.4 Å². The summed E-state index contributed by atoms with van der Waals surface area (Å²) in [5.74, 6) is 0.0292. The zero-order chi connectivity index (χ0) is 18.7. The highest BCUT2D eigenvalue weighted by Gasteiger charge is 2.20. The highest BCUT2D eigenvalue weighted by molar-refractivity contribution is 7.18. The Bertz CT molecular complexity index is 908. The van der Waals surface area contributed by atoms with Crippen molar-refractivity contribution in [1.82, 2.24) is 20.1 Å². The van der Waals surface area contributed by atoms with Gasteiger partial charge >= 0.3 is 0 Å². The van der Waals surface area contributed by atoms with Gasteiger partial charge in [0.15, 0.2) is 5.82 Å². The van der Waals surface area contributed by atoms with Crippen molar-refractivity contribution in [3.05, 3.63) is 57.3 Å². The Labute approximate surface area is 158 Å². The number of benzene rings is 1. The molecule has 3 N–H and O–H groups in total. The molecule has 0 aliphatic rings. The van der Waals surface area contributed by atoms with Crippen LogP contribution >= 0.6 is 22.9 Å². The summed E-state index contributed by atoms with van der Waals surface area (Å²) in [6.07, 6.45) is 1.94. The fraction of sp³-hybridized carbons (Fsp3) is 0.235. The molecule has 136 valence electrons. The van der Waals surface area contributed by atoms with Gasteiger partial charge in [-0.05, 0) is 30.2 Å². The van der Waals surface area contributed by atoms with E-state index in [0.717, 1.165) is 5.56 Å². The SMILES string of the molecule is Cn1ncnc1-c1cc(C(=O)NC(CN)Cc2ccc(F)cc2)sc1Cl. The van der Waals surface area contributed by atoms with Crippen molar-refractivity contribution in [1.29, 1.82) is 0 Å². The minimum Gasteiger partial charge on any atom is -0.347 e. The molecule has 0 fully saturated rings. The average molecular weight is 394 g/mol. The lowest BCUT2D eigenvalue weighted by Gasteiger charge is -2.16. The fourth-order valence-corrected chi connectivity index (χ4v) is 3.70. The number of thiophene rings is 1. The lowest BCUT2D eigenvalue weighted by Crippen LogP contribution is -2.41. The molecule has 1 aromatic carbocycles. The van der Waals surface area contributed by atoms with E-state index in [9.17, 15) is 9.18 Å². The van der Waals surface area contributed by atoms with Gasteiger partial charge in [0.05, 0.1) is 4.88 Å². The summed E-state index contributed by atoms with van der Waals surface area (Å²) >= 11 is 7.44. The van der Waals surface area contributed by atoms with Crippen molar-refractivity contribution in [2.24, 2.45) is 12.8 Å². The number of amides is 1. The van der Waals surface area contributed by atoms with Gasteiger partial charge in [-0.15, -0.1) is 11.3 Å². The Morgan fingerprint density at radius 2 is 2.15 bits per heavy atom. The van der Waals surface area contributed by atoms with Crippen LogP contribution in [0.4, 0.5) is 4.39 Å². The third-order valence-corrected chi connectivity index (χ3v) is 5.24. The van der Waals surface area contributed by atoms with Crippen LogP contribution < -0.4 is 11.1 Å². The monoisotopic (exact) mass is 393 g/mol. The number of nitrogens with zero attached hydrogens (tertiary/aromatic N) is 3. The van der Waals surface area contributed by atoms with E-state index in [1.54, 1.807) is 29.9 Å². The Kier molecular flexibility index (Phi) is 5.65. The minimum atomic E-state index is -0.299. The van der Waals surface area contributed by atoms with Gasteiger partial charge in [-0.1, -0.05) is 23.7 Å². The van der Waals surface area contributed by atoms with Crippen molar-refractivity contribution >= 4 is 28.8 Å². The van der Waals surface area contributed by atoms with E-state index < -0.39 is 0 Å². The zero-order valence-corrected chi connectivity index (χ0v) is 15.5. The van der Waals surface area contributed by atoms with Gasteiger partial charge in [-0.3, -0.25) is 4.79 Å². The Morgan fingerprint density at radius 3 is 2.77 bits per heavy atom. The van der Waals surface area contributed by atoms with Crippen molar-refractivity contribution < 1.29 is 9.18 Å². The van der Waals surface area contributed by atoms with E-state index in [-0.39, 0.29) is 24.3 Å². The molecule has 0 radical (unpaired) electrons. The van der Waals surface area contributed by atoms with E-state index in [1.165, 1.54) is 29.8 Å². The molecule has 3 rings (SSSR count). The first-order chi connectivity index (χ1) is 12.5. The van der Waals surface area contributed by atoms with Gasteiger partial charge in [-0.25, -0.2) is 14.1 Å². The molecular weight excluding hydrogens is 377 g/mol. The maximum Gasteiger partial charge on any atom is 0.261 e. The molecule has 2 aromatic heterocycles. The van der Waals surface area contributed by atoms with Crippen LogP contribution in [0.2, 0.25) is 4.34 Å². The van der Waals surface area contributed by atoms with Crippen LogP contribution in [0.3, 0.4) is 0 Å². The molecular formula is C17H17ClFN5OS. The van der Waals surface area contributed by atoms with Gasteiger partial charge in [-0.2, -0.15) is 5.10 Å². The molecule has 1 atom stereocenters. The van der Waals surface area contributed by atoms with Crippen molar-refractivity contribution in [3.8, 4) is 11.4 Å². The molecule has 0 aliphatic heterocycles. The second-order valence-electron chi connectivity index (χ2n) is 5.74. The van der Waals surface area contributed by atoms with Gasteiger partial charge in [0.2, 0.25) is 0 Å². The fourth-order valence-electron chi connectivity index (χ4n) is 2.53. The van der Waals surface area contributed by atoms with Crippen molar-refractivity contribution in [2.45, 2.75) is 12.5 Å². The quantitative estimate of drug-likeness (QED) is 0.674. The molecule has 6 nitrogen and oxygen atoms in total. The summed E-state index contributed by atoms with van der Waals surface area (Å²) in [5.41, 5.74) is 7.33. The molecule has 0 aliphatic carbocycles. The van der Waals surface area contributed by atoms with Gasteiger partial charge in [0, 0.05) is 25.2 Å². The second-order valence-corrected chi connectivity index (χ2v) is 7.40. The first kappa shape index (κ1) is 18.5. The molecule has 2 heterocycles. The van der Waals surface area contributed by atoms with Gasteiger partial charge in [0.1, 0.15) is 16.5 Å². The average Bonchev–Trinajstić information content (AvgIpc) is 3.21. The van der Waals surface area contributed by atoms with Crippen LogP contribution in [-0.4, -0.2) is 33.3 Å². The molecule has 1 amide bonds. The second kappa shape index (κ2) is 7.94. The standard InChI is InChI=1S/C17H17ClFN5OS/c1-24-16(21-9-22-24)13-7-14(26-15(13)18)17(25)23-12(8-20)6-10-2-4-11(19)5-3-10/h2-5,7,9,12H,6,8,20H2,1H3,(H,23,25). The van der Waals surface area contributed by atoms with E-state index in [0.29, 0.717) is 27.0 Å². The Hall–Kier alpha value is -2.29. The van der Waals surface area contributed by atoms with Crippen LogP contribution in [0.5, 0.6) is 0 Å². The van der Waals surface area contributed by atoms with Crippen LogP contribution in [0.1, 0.15) is 15.2 Å². The van der Waals surface area contributed by atoms with E-state index in [1.807, 2.05) is 0 Å². The summed E-state index contributed by atoms with van der Waals surface area (Å²) in [6, 6.07) is 7.55. The predicted octanol–water partition coefficient (Wildman–Crippen LogP) is 2.64. The number of halogens is 2. The number of carbonyl (C=O) groups is 1. The van der Waals surface area contributed by atoms with Gasteiger partial charge in [0.25, 0.3) is 5.91 Å². The lowest BCUT2D eigenvalue weighted by atomic mass is 10.1. The normalized spacial score (nSPS) is 12.2. The highest BCUT2D eigenvalue weighted by Crippen LogP contribution is 2.34. The third kappa shape index (κ3) is 4.09. The zero-order valence-electron chi connectivity index (χ0n) is 13.9. The van der Waals surface area contributed by atoms with Crippen molar-refractivity contribution in [3.63, 3.8) is 0 Å². The van der Waals surface area contributed by atoms with Crippen molar-refractivity contribution in [2.75, 3.05) is 6.54 Å². The smallest absolute Gasteiger partial charge is 0.261 e. The highest BCUT2D eigenvalue weighted by atomic mass is 35.5. The maximum atomic E-state index is 13.0.